The molecule has 0 radical (unpaired) electrons. The van der Waals surface area contributed by atoms with Crippen molar-refractivity contribution in [2.45, 2.75) is 11.8 Å². The van der Waals surface area contributed by atoms with Gasteiger partial charge in [0.2, 0.25) is 15.9 Å². The highest BCUT2D eigenvalue weighted by atomic mass is 32.2. The fraction of sp³-hybridized carbons (Fsp3) is 0.462. The van der Waals surface area contributed by atoms with E-state index in [1.54, 1.807) is 36.1 Å². The minimum Gasteiger partial charge on any atom is -0.370 e. The number of rotatable bonds is 5. The van der Waals surface area contributed by atoms with Crippen LogP contribution in [0.25, 0.3) is 0 Å². The monoisotopic (exact) mass is 298 g/mol. The third-order valence-electron chi connectivity index (χ3n) is 3.14. The standard InChI is InChI=1S/C13H18N2O4S/c1-11-4-2-3-5-12(11)20(17,18)14-6-7-15-8-9-19-10-13(15)16/h2-5,14H,6-10H2,1H3. The lowest BCUT2D eigenvalue weighted by Crippen LogP contribution is -2.45. The van der Waals surface area contributed by atoms with Crippen molar-refractivity contribution in [3.8, 4) is 0 Å². The minimum atomic E-state index is -3.53. The van der Waals surface area contributed by atoms with Crippen molar-refractivity contribution in [3.05, 3.63) is 29.8 Å². The van der Waals surface area contributed by atoms with Crippen molar-refractivity contribution in [2.75, 3.05) is 32.8 Å². The summed E-state index contributed by atoms with van der Waals surface area (Å²) in [6.07, 6.45) is 0. The van der Waals surface area contributed by atoms with Crippen molar-refractivity contribution in [2.24, 2.45) is 0 Å². The second-order valence-electron chi connectivity index (χ2n) is 4.60. The maximum absolute atomic E-state index is 12.1. The van der Waals surface area contributed by atoms with Crippen LogP contribution in [-0.2, 0) is 19.6 Å². The molecule has 1 aliphatic heterocycles. The van der Waals surface area contributed by atoms with Crippen molar-refractivity contribution in [1.29, 1.82) is 0 Å². The number of amides is 1. The van der Waals surface area contributed by atoms with E-state index in [1.807, 2.05) is 0 Å². The molecule has 0 saturated carbocycles. The number of carbonyl (C=O) groups excluding carboxylic acids is 1. The molecule has 20 heavy (non-hydrogen) atoms. The molecule has 0 aromatic heterocycles. The van der Waals surface area contributed by atoms with E-state index in [1.165, 1.54) is 0 Å². The topological polar surface area (TPSA) is 75.7 Å². The van der Waals surface area contributed by atoms with Gasteiger partial charge in [0.05, 0.1) is 11.5 Å². The van der Waals surface area contributed by atoms with Gasteiger partial charge < -0.3 is 9.64 Å². The summed E-state index contributed by atoms with van der Waals surface area (Å²) in [7, 11) is -3.53. The number of benzene rings is 1. The summed E-state index contributed by atoms with van der Waals surface area (Å²) in [4.78, 5) is 13.4. The number of nitrogens with zero attached hydrogens (tertiary/aromatic N) is 1. The fourth-order valence-corrected chi connectivity index (χ4v) is 3.30. The Balaban J connectivity index is 1.93. The lowest BCUT2D eigenvalue weighted by Gasteiger charge is -2.26. The van der Waals surface area contributed by atoms with Crippen molar-refractivity contribution in [1.82, 2.24) is 9.62 Å². The molecule has 1 aliphatic rings. The van der Waals surface area contributed by atoms with E-state index in [0.717, 1.165) is 0 Å². The first kappa shape index (κ1) is 15.0. The first-order valence-electron chi connectivity index (χ1n) is 6.41. The summed E-state index contributed by atoms with van der Waals surface area (Å²) < 4.78 is 31.8. The van der Waals surface area contributed by atoms with Crippen LogP contribution in [0.5, 0.6) is 0 Å². The highest BCUT2D eigenvalue weighted by Crippen LogP contribution is 2.13. The van der Waals surface area contributed by atoms with Crippen molar-refractivity contribution < 1.29 is 17.9 Å². The molecule has 1 heterocycles. The molecule has 1 N–H and O–H groups in total. The third kappa shape index (κ3) is 3.56. The Bertz CT molecular complexity index is 586. The van der Waals surface area contributed by atoms with Crippen LogP contribution < -0.4 is 4.72 Å². The molecule has 0 unspecified atom stereocenters. The molecule has 0 spiro atoms. The van der Waals surface area contributed by atoms with Crippen molar-refractivity contribution >= 4 is 15.9 Å². The molecule has 1 aromatic carbocycles. The van der Waals surface area contributed by atoms with Gasteiger partial charge >= 0.3 is 0 Å². The van der Waals surface area contributed by atoms with E-state index in [2.05, 4.69) is 4.72 Å². The molecule has 7 heteroatoms. The molecule has 6 nitrogen and oxygen atoms in total. The Morgan fingerprint density at radius 1 is 1.35 bits per heavy atom. The average molecular weight is 298 g/mol. The van der Waals surface area contributed by atoms with Gasteiger partial charge in [0.1, 0.15) is 6.61 Å². The number of aryl methyl sites for hydroxylation is 1. The molecule has 1 saturated heterocycles. The molecular weight excluding hydrogens is 280 g/mol. The zero-order valence-electron chi connectivity index (χ0n) is 11.3. The van der Waals surface area contributed by atoms with Crippen LogP contribution in [0.2, 0.25) is 0 Å². The first-order valence-corrected chi connectivity index (χ1v) is 7.90. The van der Waals surface area contributed by atoms with Gasteiger partial charge in [0, 0.05) is 19.6 Å². The van der Waals surface area contributed by atoms with E-state index in [-0.39, 0.29) is 24.0 Å². The molecule has 1 amide bonds. The molecule has 1 aromatic rings. The minimum absolute atomic E-state index is 0.0740. The van der Waals surface area contributed by atoms with Gasteiger partial charge in [-0.25, -0.2) is 13.1 Å². The molecule has 0 bridgehead atoms. The van der Waals surface area contributed by atoms with Gasteiger partial charge in [-0.2, -0.15) is 0 Å². The Kier molecular flexibility index (Phi) is 4.74. The summed E-state index contributed by atoms with van der Waals surface area (Å²) in [6.45, 7) is 3.38. The second kappa shape index (κ2) is 6.34. The maximum atomic E-state index is 12.1. The third-order valence-corrected chi connectivity index (χ3v) is 4.76. The van der Waals surface area contributed by atoms with Crippen LogP contribution in [0.3, 0.4) is 0 Å². The Labute approximate surface area is 118 Å². The van der Waals surface area contributed by atoms with Gasteiger partial charge in [-0.15, -0.1) is 0 Å². The summed E-state index contributed by atoms with van der Waals surface area (Å²) in [5.41, 5.74) is 0.697. The normalized spacial score (nSPS) is 16.4. The fourth-order valence-electron chi connectivity index (χ4n) is 2.04. The van der Waals surface area contributed by atoms with E-state index < -0.39 is 10.0 Å². The van der Waals surface area contributed by atoms with Gasteiger partial charge in [-0.05, 0) is 18.6 Å². The zero-order valence-corrected chi connectivity index (χ0v) is 12.1. The predicted molar refractivity (Wildman–Crippen MR) is 73.8 cm³/mol. The van der Waals surface area contributed by atoms with Gasteiger partial charge in [0.15, 0.2) is 0 Å². The number of ether oxygens (including phenoxy) is 1. The molecular formula is C13H18N2O4S. The number of hydrogen-bond acceptors (Lipinski definition) is 4. The van der Waals surface area contributed by atoms with E-state index in [9.17, 15) is 13.2 Å². The Morgan fingerprint density at radius 3 is 2.80 bits per heavy atom. The quantitative estimate of drug-likeness (QED) is 0.838. The molecule has 110 valence electrons. The number of nitrogens with one attached hydrogen (secondary N) is 1. The molecule has 1 fully saturated rings. The first-order chi connectivity index (χ1) is 9.50. The van der Waals surface area contributed by atoms with Crippen LogP contribution >= 0.6 is 0 Å². The number of hydrogen-bond donors (Lipinski definition) is 1. The summed E-state index contributed by atoms with van der Waals surface area (Å²) >= 11 is 0. The number of morpholine rings is 1. The van der Waals surface area contributed by atoms with Crippen LogP contribution in [0, 0.1) is 6.92 Å². The number of carbonyl (C=O) groups is 1. The lowest BCUT2D eigenvalue weighted by molar-refractivity contribution is -0.142. The zero-order chi connectivity index (χ0) is 14.6. The Morgan fingerprint density at radius 2 is 2.10 bits per heavy atom. The molecule has 0 atom stereocenters. The SMILES string of the molecule is Cc1ccccc1S(=O)(=O)NCCN1CCOCC1=O. The second-order valence-corrected chi connectivity index (χ2v) is 6.33. The number of sulfonamides is 1. The Hall–Kier alpha value is -1.44. The van der Waals surface area contributed by atoms with E-state index in [4.69, 9.17) is 4.74 Å². The lowest BCUT2D eigenvalue weighted by atomic mass is 10.2. The predicted octanol–water partition coefficient (Wildman–Crippen LogP) is 0.132. The van der Waals surface area contributed by atoms with Gasteiger partial charge in [-0.3, -0.25) is 4.79 Å². The molecule has 0 aliphatic carbocycles. The van der Waals surface area contributed by atoms with Crippen molar-refractivity contribution in [3.63, 3.8) is 0 Å². The highest BCUT2D eigenvalue weighted by Gasteiger charge is 2.20. The highest BCUT2D eigenvalue weighted by molar-refractivity contribution is 7.89. The maximum Gasteiger partial charge on any atom is 0.248 e. The van der Waals surface area contributed by atoms with Crippen LogP contribution in [0.15, 0.2) is 29.2 Å². The largest absolute Gasteiger partial charge is 0.370 e. The summed E-state index contributed by atoms with van der Waals surface area (Å²) in [6, 6.07) is 6.80. The summed E-state index contributed by atoms with van der Waals surface area (Å²) in [5, 5.41) is 0. The van der Waals surface area contributed by atoms with Crippen LogP contribution in [0.4, 0.5) is 0 Å². The average Bonchev–Trinajstić information content (AvgIpc) is 2.41. The van der Waals surface area contributed by atoms with Gasteiger partial charge in [0.25, 0.3) is 0 Å². The summed E-state index contributed by atoms with van der Waals surface area (Å²) in [5.74, 6) is -0.105. The van der Waals surface area contributed by atoms with Crippen LogP contribution in [-0.4, -0.2) is 52.1 Å². The molecule has 2 rings (SSSR count). The van der Waals surface area contributed by atoms with Gasteiger partial charge in [-0.1, -0.05) is 18.2 Å². The van der Waals surface area contributed by atoms with E-state index >= 15 is 0 Å². The van der Waals surface area contributed by atoms with Crippen LogP contribution in [0.1, 0.15) is 5.56 Å². The smallest absolute Gasteiger partial charge is 0.248 e. The van der Waals surface area contributed by atoms with E-state index in [0.29, 0.717) is 25.3 Å².